The van der Waals surface area contributed by atoms with Gasteiger partial charge in [-0.2, -0.15) is 0 Å². The Kier molecular flexibility index (Phi) is 11.9. The first-order chi connectivity index (χ1) is 19.6. The number of amides is 3. The number of benzene rings is 1. The van der Waals surface area contributed by atoms with Crippen LogP contribution in [0.5, 0.6) is 0 Å². The maximum absolute atomic E-state index is 14.2. The molecule has 3 amide bonds. The maximum atomic E-state index is 14.2. The van der Waals surface area contributed by atoms with Crippen molar-refractivity contribution in [1.82, 2.24) is 15.5 Å². The van der Waals surface area contributed by atoms with E-state index in [2.05, 4.69) is 50.4 Å². The van der Waals surface area contributed by atoms with E-state index < -0.39 is 55.4 Å². The summed E-state index contributed by atoms with van der Waals surface area (Å²) in [5, 5.41) is 16.6. The van der Waals surface area contributed by atoms with E-state index in [9.17, 15) is 19.5 Å². The second kappa shape index (κ2) is 14.0. The Balaban J connectivity index is 2.28. The van der Waals surface area contributed by atoms with Gasteiger partial charge in [0.2, 0.25) is 11.8 Å². The zero-order chi connectivity index (χ0) is 33.0. The molecule has 1 aromatic carbocycles. The summed E-state index contributed by atoms with van der Waals surface area (Å²) in [5.41, 5.74) is -0.273. The van der Waals surface area contributed by atoms with E-state index in [1.165, 1.54) is 4.90 Å². The van der Waals surface area contributed by atoms with Gasteiger partial charge >= 0.3 is 6.09 Å². The molecule has 1 heterocycles. The van der Waals surface area contributed by atoms with Gasteiger partial charge in [-0.25, -0.2) is 4.79 Å². The lowest BCUT2D eigenvalue weighted by atomic mass is 9.80. The minimum absolute atomic E-state index is 0.0149. The van der Waals surface area contributed by atoms with Crippen molar-refractivity contribution < 1.29 is 28.7 Å². The fourth-order valence-corrected chi connectivity index (χ4v) is 5.79. The van der Waals surface area contributed by atoms with Crippen LogP contribution in [-0.2, 0) is 25.3 Å². The Morgan fingerprint density at radius 1 is 1.16 bits per heavy atom. The molecule has 9 nitrogen and oxygen atoms in total. The van der Waals surface area contributed by atoms with Crippen molar-refractivity contribution in [2.45, 2.75) is 117 Å². The van der Waals surface area contributed by atoms with Crippen molar-refractivity contribution in [2.75, 3.05) is 13.2 Å². The molecule has 0 spiro atoms. The van der Waals surface area contributed by atoms with Gasteiger partial charge in [0.25, 0.3) is 0 Å². The minimum atomic E-state index is -2.05. The summed E-state index contributed by atoms with van der Waals surface area (Å²) in [6.45, 7) is 20.2. The Bertz CT molecular complexity index is 1210. The van der Waals surface area contributed by atoms with E-state index in [1.807, 2.05) is 13.8 Å². The van der Waals surface area contributed by atoms with Crippen LogP contribution in [0.4, 0.5) is 4.79 Å². The highest BCUT2D eigenvalue weighted by Gasteiger charge is 2.46. The standard InChI is InChI=1S/C32H50ClN3O6Si/c1-12-21-13-14-22(24(33)17-21)19-34-27(38)25-18-23(37)20-36(25)28(39)26(35-29(40)42-30(2,3)4)32(8,9)15-16-41-43(10,11)31(5,6)7/h1,13-14,17,23,25-26,37H,15-16,18-20H2,2-11H3,(H,34,38)(H,35,40)/t23-,25+,26?/m1/s1. The third kappa shape index (κ3) is 10.2. The van der Waals surface area contributed by atoms with E-state index in [4.69, 9.17) is 27.2 Å². The van der Waals surface area contributed by atoms with Crippen LogP contribution in [-0.4, -0.2) is 73.2 Å². The fourth-order valence-electron chi connectivity index (χ4n) is 4.50. The molecular formula is C32H50ClN3O6Si. The van der Waals surface area contributed by atoms with Crippen molar-refractivity contribution >= 4 is 37.8 Å². The molecule has 3 N–H and O–H groups in total. The number of aliphatic hydroxyl groups is 1. The Hall–Kier alpha value is -2.58. The highest BCUT2D eigenvalue weighted by molar-refractivity contribution is 6.74. The van der Waals surface area contributed by atoms with Crippen LogP contribution < -0.4 is 10.6 Å². The summed E-state index contributed by atoms with van der Waals surface area (Å²) in [5.74, 6) is 1.61. The molecule has 1 unspecified atom stereocenters. The van der Waals surface area contributed by atoms with E-state index in [1.54, 1.807) is 39.0 Å². The summed E-state index contributed by atoms with van der Waals surface area (Å²) in [7, 11) is -2.05. The molecule has 1 aromatic rings. The van der Waals surface area contributed by atoms with Crippen LogP contribution in [0.25, 0.3) is 0 Å². The number of nitrogens with one attached hydrogen (secondary N) is 2. The van der Waals surface area contributed by atoms with E-state index >= 15 is 0 Å². The second-order valence-electron chi connectivity index (χ2n) is 14.5. The SMILES string of the molecule is C#Cc1ccc(CNC(=O)[C@@H]2C[C@@H](O)CN2C(=O)C(NC(=O)OC(C)(C)C)C(C)(C)CCO[Si](C)(C)C(C)(C)C)c(Cl)c1. The van der Waals surface area contributed by atoms with Crippen LogP contribution in [0.1, 0.15) is 79.4 Å². The largest absolute Gasteiger partial charge is 0.444 e. The number of terminal acetylenes is 1. The Morgan fingerprint density at radius 3 is 2.33 bits per heavy atom. The predicted molar refractivity (Wildman–Crippen MR) is 172 cm³/mol. The van der Waals surface area contributed by atoms with E-state index in [0.29, 0.717) is 29.2 Å². The van der Waals surface area contributed by atoms with E-state index in [-0.39, 0.29) is 24.5 Å². The van der Waals surface area contributed by atoms with Gasteiger partial charge in [0.15, 0.2) is 8.32 Å². The average Bonchev–Trinajstić information content (AvgIpc) is 3.25. The lowest BCUT2D eigenvalue weighted by molar-refractivity contribution is -0.142. The van der Waals surface area contributed by atoms with Gasteiger partial charge in [-0.05, 0) is 68.4 Å². The average molecular weight is 636 g/mol. The number of rotatable bonds is 10. The molecular weight excluding hydrogens is 586 g/mol. The van der Waals surface area contributed by atoms with Crippen molar-refractivity contribution in [2.24, 2.45) is 5.41 Å². The molecule has 1 saturated heterocycles. The molecule has 11 heteroatoms. The van der Waals surface area contributed by atoms with Gasteiger partial charge in [-0.3, -0.25) is 9.59 Å². The summed E-state index contributed by atoms with van der Waals surface area (Å²) >= 11 is 6.32. The molecule has 1 aliphatic heterocycles. The van der Waals surface area contributed by atoms with Crippen LogP contribution >= 0.6 is 11.6 Å². The van der Waals surface area contributed by atoms with Crippen LogP contribution in [0, 0.1) is 17.8 Å². The van der Waals surface area contributed by atoms with Crippen molar-refractivity contribution in [3.05, 3.63) is 34.3 Å². The number of nitrogens with zero attached hydrogens (tertiary/aromatic N) is 1. The number of hydrogen-bond acceptors (Lipinski definition) is 6. The fraction of sp³-hybridized carbons (Fsp3) is 0.656. The molecule has 0 bridgehead atoms. The number of ether oxygens (including phenoxy) is 1. The quantitative estimate of drug-likeness (QED) is 0.239. The highest BCUT2D eigenvalue weighted by Crippen LogP contribution is 2.38. The number of hydrogen-bond donors (Lipinski definition) is 3. The predicted octanol–water partition coefficient (Wildman–Crippen LogP) is 5.23. The van der Waals surface area contributed by atoms with Crippen molar-refractivity contribution in [1.29, 1.82) is 0 Å². The first-order valence-electron chi connectivity index (χ1n) is 14.7. The van der Waals surface area contributed by atoms with Gasteiger partial charge in [-0.15, -0.1) is 6.42 Å². The number of halogens is 1. The zero-order valence-electron chi connectivity index (χ0n) is 27.4. The first kappa shape index (κ1) is 36.6. The molecule has 0 aliphatic carbocycles. The molecule has 0 saturated carbocycles. The lowest BCUT2D eigenvalue weighted by Gasteiger charge is -2.40. The third-order valence-corrected chi connectivity index (χ3v) is 13.1. The van der Waals surface area contributed by atoms with Gasteiger partial charge in [-0.1, -0.05) is 58.2 Å². The Morgan fingerprint density at radius 2 is 1.79 bits per heavy atom. The Labute approximate surface area is 263 Å². The number of β-amino-alcohol motifs (C(OH)–C–C–N with tert-alkyl or cyclic N) is 1. The minimum Gasteiger partial charge on any atom is -0.444 e. The molecule has 1 aliphatic rings. The van der Waals surface area contributed by atoms with Gasteiger partial charge in [0.1, 0.15) is 17.7 Å². The number of likely N-dealkylation sites (tertiary alicyclic amines) is 1. The topological polar surface area (TPSA) is 117 Å². The van der Waals surface area contributed by atoms with Crippen molar-refractivity contribution in [3.8, 4) is 12.3 Å². The maximum Gasteiger partial charge on any atom is 0.408 e. The molecule has 3 atom stereocenters. The summed E-state index contributed by atoms with van der Waals surface area (Å²) in [6.07, 6.45) is 4.32. The number of alkyl carbamates (subject to hydrolysis) is 1. The smallest absolute Gasteiger partial charge is 0.408 e. The molecule has 43 heavy (non-hydrogen) atoms. The van der Waals surface area contributed by atoms with Crippen molar-refractivity contribution in [3.63, 3.8) is 0 Å². The summed E-state index contributed by atoms with van der Waals surface area (Å²) < 4.78 is 11.9. The van der Waals surface area contributed by atoms with Crippen LogP contribution in [0.3, 0.4) is 0 Å². The van der Waals surface area contributed by atoms with Crippen LogP contribution in [0.2, 0.25) is 23.2 Å². The monoisotopic (exact) mass is 635 g/mol. The lowest BCUT2D eigenvalue weighted by Crippen LogP contribution is -2.59. The number of carbonyl (C=O) groups excluding carboxylic acids is 3. The normalized spacial score (nSPS) is 18.5. The molecule has 2 rings (SSSR count). The third-order valence-electron chi connectivity index (χ3n) is 8.24. The van der Waals surface area contributed by atoms with E-state index in [0.717, 1.165) is 0 Å². The number of carbonyl (C=O) groups is 3. The molecule has 0 radical (unpaired) electrons. The summed E-state index contributed by atoms with van der Waals surface area (Å²) in [4.78, 5) is 41.8. The van der Waals surface area contributed by atoms with Crippen LogP contribution in [0.15, 0.2) is 18.2 Å². The second-order valence-corrected chi connectivity index (χ2v) is 19.7. The van der Waals surface area contributed by atoms with Gasteiger partial charge in [0.05, 0.1) is 6.10 Å². The highest BCUT2D eigenvalue weighted by atomic mass is 35.5. The molecule has 240 valence electrons. The molecule has 0 aromatic heterocycles. The van der Waals surface area contributed by atoms with Gasteiger partial charge in [0, 0.05) is 36.7 Å². The molecule has 1 fully saturated rings. The zero-order valence-corrected chi connectivity index (χ0v) is 29.1. The number of aliphatic hydroxyl groups excluding tert-OH is 1. The summed E-state index contributed by atoms with van der Waals surface area (Å²) in [6, 6.07) is 3.12. The van der Waals surface area contributed by atoms with Gasteiger partial charge < -0.3 is 29.8 Å². The first-order valence-corrected chi connectivity index (χ1v) is 18.0.